The number of hydrogen-bond acceptors (Lipinski definition) is 4. The smallest absolute Gasteiger partial charge is 0.213 e. The van der Waals surface area contributed by atoms with Crippen LogP contribution < -0.4 is 9.47 Å². The fourth-order valence-electron chi connectivity index (χ4n) is 4.20. The molecule has 0 fully saturated rings. The van der Waals surface area contributed by atoms with Crippen molar-refractivity contribution in [1.29, 1.82) is 0 Å². The van der Waals surface area contributed by atoms with E-state index in [4.69, 9.17) is 14.6 Å². The van der Waals surface area contributed by atoms with Crippen LogP contribution in [0.5, 0.6) is 11.5 Å². The first-order valence-corrected chi connectivity index (χ1v) is 12.5. The Bertz CT molecular complexity index is 1130. The Morgan fingerprint density at radius 1 is 1.06 bits per heavy atom. The Morgan fingerprint density at radius 2 is 1.84 bits per heavy atom. The largest absolute Gasteiger partial charge is 0.494 e. The van der Waals surface area contributed by atoms with Crippen LogP contribution in [0.1, 0.15) is 55.1 Å². The van der Waals surface area contributed by atoms with Gasteiger partial charge in [0.05, 0.1) is 22.8 Å². The van der Waals surface area contributed by atoms with Crippen molar-refractivity contribution in [3.8, 4) is 11.5 Å². The number of unbranched alkanes of at least 4 members (excludes halogenated alkanes) is 1. The van der Waals surface area contributed by atoms with E-state index in [1.54, 1.807) is 0 Å². The molecule has 5 rings (SSSR count). The van der Waals surface area contributed by atoms with Gasteiger partial charge >= 0.3 is 0 Å². The monoisotopic (exact) mass is 554 g/mol. The molecule has 3 aromatic carbocycles. The van der Waals surface area contributed by atoms with Gasteiger partial charge in [0.2, 0.25) is 6.23 Å². The number of ether oxygens (including phenoxy) is 2. The minimum absolute atomic E-state index is 0.105. The van der Waals surface area contributed by atoms with Crippen molar-refractivity contribution in [2.45, 2.75) is 38.5 Å². The highest BCUT2D eigenvalue weighted by Gasteiger charge is 2.41. The van der Waals surface area contributed by atoms with Crippen LogP contribution in [0, 0.1) is 0 Å². The molecule has 2 heterocycles. The zero-order chi connectivity index (χ0) is 22.1. The van der Waals surface area contributed by atoms with E-state index >= 15 is 0 Å². The molecule has 32 heavy (non-hydrogen) atoms. The first-order valence-electron chi connectivity index (χ1n) is 10.9. The van der Waals surface area contributed by atoms with E-state index in [1.165, 1.54) is 0 Å². The predicted octanol–water partition coefficient (Wildman–Crippen LogP) is 7.63. The molecule has 0 saturated heterocycles. The van der Waals surface area contributed by atoms with Gasteiger partial charge in [-0.2, -0.15) is 5.10 Å². The van der Waals surface area contributed by atoms with E-state index in [-0.39, 0.29) is 12.3 Å². The second kappa shape index (κ2) is 9.28. The van der Waals surface area contributed by atoms with E-state index in [9.17, 15) is 0 Å². The van der Waals surface area contributed by atoms with Gasteiger partial charge in [0.15, 0.2) is 0 Å². The molecule has 3 aromatic rings. The number of hydrogen-bond donors (Lipinski definition) is 0. The summed E-state index contributed by atoms with van der Waals surface area (Å²) in [6.45, 7) is 2.90. The van der Waals surface area contributed by atoms with E-state index in [2.05, 4.69) is 86.3 Å². The molecule has 0 unspecified atom stereocenters. The second-order valence-corrected chi connectivity index (χ2v) is 9.83. The lowest BCUT2D eigenvalue weighted by atomic mass is 9.96. The van der Waals surface area contributed by atoms with Crippen molar-refractivity contribution in [3.05, 3.63) is 92.4 Å². The lowest BCUT2D eigenvalue weighted by molar-refractivity contribution is -0.0197. The highest BCUT2D eigenvalue weighted by atomic mass is 79.9. The number of nitrogens with zero attached hydrogens (tertiary/aromatic N) is 2. The molecule has 0 aliphatic carbocycles. The van der Waals surface area contributed by atoms with E-state index in [1.807, 2.05) is 24.3 Å². The number of hydrazone groups is 1. The summed E-state index contributed by atoms with van der Waals surface area (Å²) in [6.07, 6.45) is 2.70. The van der Waals surface area contributed by atoms with Gasteiger partial charge in [-0.15, -0.1) is 0 Å². The van der Waals surface area contributed by atoms with Crippen molar-refractivity contribution in [2.75, 3.05) is 6.61 Å². The quantitative estimate of drug-likeness (QED) is 0.293. The highest BCUT2D eigenvalue weighted by molar-refractivity contribution is 9.11. The Hall–Kier alpha value is -2.31. The maximum atomic E-state index is 6.55. The van der Waals surface area contributed by atoms with Gasteiger partial charge in [0.25, 0.3) is 0 Å². The van der Waals surface area contributed by atoms with Crippen LogP contribution in [0.4, 0.5) is 0 Å². The number of fused-ring (bicyclic) bond motifs is 3. The molecule has 164 valence electrons. The first kappa shape index (κ1) is 21.5. The summed E-state index contributed by atoms with van der Waals surface area (Å²) in [5, 5.41) is 7.15. The Kier molecular flexibility index (Phi) is 6.24. The Balaban J connectivity index is 1.51. The van der Waals surface area contributed by atoms with Gasteiger partial charge in [-0.25, -0.2) is 5.01 Å². The number of rotatable bonds is 6. The minimum atomic E-state index is -0.309. The zero-order valence-corrected chi connectivity index (χ0v) is 21.0. The van der Waals surface area contributed by atoms with Crippen LogP contribution in [0.3, 0.4) is 0 Å². The standard InChI is InChI=1S/C26H24Br2N2O2/c1-2-3-13-31-20-11-9-18(10-12-20)26-30-24(16-23(29-30)17-7-5-4-6-8-17)21-14-19(27)15-22(28)25(21)32-26/h4-12,14-15,24,26H,2-3,13,16H2,1H3/t24-,26+/m0/s1. The van der Waals surface area contributed by atoms with Crippen LogP contribution in [0.15, 0.2) is 80.8 Å². The molecule has 6 heteroatoms. The highest BCUT2D eigenvalue weighted by Crippen LogP contribution is 2.50. The third-order valence-corrected chi connectivity index (χ3v) is 6.89. The first-order chi connectivity index (χ1) is 15.6. The van der Waals surface area contributed by atoms with Crippen LogP contribution in [0.25, 0.3) is 0 Å². The summed E-state index contributed by atoms with van der Waals surface area (Å²) < 4.78 is 14.4. The minimum Gasteiger partial charge on any atom is -0.494 e. The van der Waals surface area contributed by atoms with Crippen molar-refractivity contribution in [2.24, 2.45) is 5.10 Å². The molecule has 4 nitrogen and oxygen atoms in total. The van der Waals surface area contributed by atoms with Gasteiger partial charge in [-0.05, 0) is 64.3 Å². The topological polar surface area (TPSA) is 34.1 Å². The fraction of sp³-hybridized carbons (Fsp3) is 0.269. The zero-order valence-electron chi connectivity index (χ0n) is 17.8. The third-order valence-electron chi connectivity index (χ3n) is 5.85. The Labute approximate surface area is 205 Å². The summed E-state index contributed by atoms with van der Waals surface area (Å²) in [4.78, 5) is 0. The molecule has 2 atom stereocenters. The molecular formula is C26H24Br2N2O2. The maximum absolute atomic E-state index is 6.55. The Morgan fingerprint density at radius 3 is 2.59 bits per heavy atom. The summed E-state index contributed by atoms with van der Waals surface area (Å²) in [6, 6.07) is 22.9. The number of benzene rings is 3. The van der Waals surface area contributed by atoms with Crippen molar-refractivity contribution in [1.82, 2.24) is 5.01 Å². The predicted molar refractivity (Wildman–Crippen MR) is 134 cm³/mol. The summed E-state index contributed by atoms with van der Waals surface area (Å²) in [7, 11) is 0. The van der Waals surface area contributed by atoms with Crippen molar-refractivity contribution < 1.29 is 9.47 Å². The molecule has 2 aliphatic rings. The van der Waals surface area contributed by atoms with Gasteiger partial charge in [-0.1, -0.05) is 59.6 Å². The third kappa shape index (κ3) is 4.18. The maximum Gasteiger partial charge on any atom is 0.213 e. The lowest BCUT2D eigenvalue weighted by Gasteiger charge is -2.38. The van der Waals surface area contributed by atoms with E-state index < -0.39 is 0 Å². The molecule has 0 amide bonds. The average Bonchev–Trinajstić information content (AvgIpc) is 3.26. The molecule has 0 aromatic heterocycles. The van der Waals surface area contributed by atoms with E-state index in [0.29, 0.717) is 0 Å². The van der Waals surface area contributed by atoms with Crippen LogP contribution in [-0.4, -0.2) is 17.3 Å². The van der Waals surface area contributed by atoms with Gasteiger partial charge in [-0.3, -0.25) is 0 Å². The molecule has 0 bridgehead atoms. The average molecular weight is 556 g/mol. The lowest BCUT2D eigenvalue weighted by Crippen LogP contribution is -2.33. The second-order valence-electron chi connectivity index (χ2n) is 8.06. The number of halogens is 2. The molecule has 2 aliphatic heterocycles. The van der Waals surface area contributed by atoms with Crippen LogP contribution in [-0.2, 0) is 0 Å². The summed E-state index contributed by atoms with van der Waals surface area (Å²) >= 11 is 7.34. The van der Waals surface area contributed by atoms with Crippen molar-refractivity contribution in [3.63, 3.8) is 0 Å². The van der Waals surface area contributed by atoms with E-state index in [0.717, 1.165) is 68.7 Å². The normalized spacial score (nSPS) is 19.1. The van der Waals surface area contributed by atoms with Gasteiger partial charge < -0.3 is 9.47 Å². The SMILES string of the molecule is CCCCOc1ccc([C@H]2Oc3c(Br)cc(Br)cc3[C@@H]3CC(c4ccccc4)=NN23)cc1. The van der Waals surface area contributed by atoms with Crippen LogP contribution in [0.2, 0.25) is 0 Å². The molecule has 0 spiro atoms. The molecular weight excluding hydrogens is 532 g/mol. The van der Waals surface area contributed by atoms with Crippen molar-refractivity contribution >= 4 is 37.6 Å². The molecule has 0 saturated carbocycles. The molecule has 0 radical (unpaired) electrons. The summed E-state index contributed by atoms with van der Waals surface area (Å²) in [5.74, 6) is 1.77. The van der Waals surface area contributed by atoms with Crippen LogP contribution >= 0.6 is 31.9 Å². The fourth-order valence-corrected chi connectivity index (χ4v) is 5.55. The van der Waals surface area contributed by atoms with Gasteiger partial charge in [0.1, 0.15) is 11.5 Å². The molecule has 0 N–H and O–H groups in total. The van der Waals surface area contributed by atoms with Gasteiger partial charge in [0, 0.05) is 22.0 Å². The summed E-state index contributed by atoms with van der Waals surface area (Å²) in [5.41, 5.74) is 4.41.